The number of rotatable bonds is 3. The lowest BCUT2D eigenvalue weighted by molar-refractivity contribution is -0.128. The summed E-state index contributed by atoms with van der Waals surface area (Å²) in [5, 5.41) is 2.92. The lowest BCUT2D eigenvalue weighted by Crippen LogP contribution is -2.36. The maximum atomic E-state index is 11.8. The Morgan fingerprint density at radius 3 is 2.76 bits per heavy atom. The van der Waals surface area contributed by atoms with Gasteiger partial charge < -0.3 is 15.0 Å². The third-order valence-corrected chi connectivity index (χ3v) is 3.49. The number of carbonyl (C=O) groups is 2. The molecule has 0 unspecified atom stereocenters. The standard InChI is InChI=1S/C16H22N2O3/c1-16(2,3)15(20)17-8-7-11-5-6-13-12(9-11)18(4)14(19)10-21-13/h5-6,9H,7-8,10H2,1-4H3,(H,17,20). The molecule has 1 N–H and O–H groups in total. The molecule has 0 spiro atoms. The lowest BCUT2D eigenvalue weighted by Gasteiger charge is -2.26. The second kappa shape index (κ2) is 5.76. The van der Waals surface area contributed by atoms with Crippen LogP contribution in [-0.2, 0) is 16.0 Å². The van der Waals surface area contributed by atoms with E-state index in [1.54, 1.807) is 11.9 Å². The van der Waals surface area contributed by atoms with Crippen LogP contribution < -0.4 is 15.0 Å². The van der Waals surface area contributed by atoms with E-state index in [2.05, 4.69) is 5.32 Å². The summed E-state index contributed by atoms with van der Waals surface area (Å²) in [5.74, 6) is 0.705. The van der Waals surface area contributed by atoms with E-state index in [9.17, 15) is 9.59 Å². The Morgan fingerprint density at radius 1 is 1.38 bits per heavy atom. The summed E-state index contributed by atoms with van der Waals surface area (Å²) in [4.78, 5) is 25.0. The van der Waals surface area contributed by atoms with Crippen LogP contribution in [0.15, 0.2) is 18.2 Å². The molecule has 1 heterocycles. The molecule has 0 saturated carbocycles. The molecule has 1 aliphatic heterocycles. The molecule has 2 amide bonds. The van der Waals surface area contributed by atoms with Crippen molar-refractivity contribution in [1.29, 1.82) is 0 Å². The van der Waals surface area contributed by atoms with Gasteiger partial charge in [-0.1, -0.05) is 26.8 Å². The van der Waals surface area contributed by atoms with Crippen LogP contribution in [0, 0.1) is 5.41 Å². The summed E-state index contributed by atoms with van der Waals surface area (Å²) in [6.45, 7) is 6.33. The second-order valence-corrected chi connectivity index (χ2v) is 6.30. The fraction of sp³-hybridized carbons (Fsp3) is 0.500. The van der Waals surface area contributed by atoms with Crippen LogP contribution >= 0.6 is 0 Å². The number of likely N-dealkylation sites (N-methyl/N-ethyl adjacent to an activating group) is 1. The normalized spacial score (nSPS) is 14.5. The number of carbonyl (C=O) groups excluding carboxylic acids is 2. The molecule has 0 bridgehead atoms. The van der Waals surface area contributed by atoms with Crippen LogP contribution in [0.2, 0.25) is 0 Å². The smallest absolute Gasteiger partial charge is 0.264 e. The van der Waals surface area contributed by atoms with Crippen molar-refractivity contribution in [1.82, 2.24) is 5.32 Å². The summed E-state index contributed by atoms with van der Waals surface area (Å²) in [5.41, 5.74) is 1.47. The number of hydrogen-bond donors (Lipinski definition) is 1. The average Bonchev–Trinajstić information content (AvgIpc) is 2.42. The third-order valence-electron chi connectivity index (χ3n) is 3.49. The molecule has 114 valence electrons. The Morgan fingerprint density at radius 2 is 2.10 bits per heavy atom. The minimum atomic E-state index is -0.379. The number of benzene rings is 1. The highest BCUT2D eigenvalue weighted by Gasteiger charge is 2.23. The number of nitrogens with one attached hydrogen (secondary N) is 1. The highest BCUT2D eigenvalue weighted by Crippen LogP contribution is 2.31. The van der Waals surface area contributed by atoms with E-state index in [1.807, 2.05) is 39.0 Å². The fourth-order valence-corrected chi connectivity index (χ4v) is 2.06. The molecular formula is C16H22N2O3. The van der Waals surface area contributed by atoms with Gasteiger partial charge in [-0.15, -0.1) is 0 Å². The van der Waals surface area contributed by atoms with E-state index in [0.717, 1.165) is 23.4 Å². The van der Waals surface area contributed by atoms with Crippen molar-refractivity contribution >= 4 is 17.5 Å². The Hall–Kier alpha value is -2.04. The van der Waals surface area contributed by atoms with E-state index >= 15 is 0 Å². The van der Waals surface area contributed by atoms with Gasteiger partial charge in [0, 0.05) is 19.0 Å². The Balaban J connectivity index is 2.00. The highest BCUT2D eigenvalue weighted by atomic mass is 16.5. The van der Waals surface area contributed by atoms with Crippen molar-refractivity contribution < 1.29 is 14.3 Å². The Bertz CT molecular complexity index is 561. The van der Waals surface area contributed by atoms with Crippen LogP contribution in [0.3, 0.4) is 0 Å². The number of hydrogen-bond acceptors (Lipinski definition) is 3. The van der Waals surface area contributed by atoms with Crippen LogP contribution in [0.25, 0.3) is 0 Å². The van der Waals surface area contributed by atoms with Gasteiger partial charge in [-0.3, -0.25) is 9.59 Å². The number of anilines is 1. The van der Waals surface area contributed by atoms with Crippen LogP contribution in [0.1, 0.15) is 26.3 Å². The largest absolute Gasteiger partial charge is 0.482 e. The number of ether oxygens (including phenoxy) is 1. The van der Waals surface area contributed by atoms with Crippen molar-refractivity contribution in [3.63, 3.8) is 0 Å². The second-order valence-electron chi connectivity index (χ2n) is 6.30. The zero-order chi connectivity index (χ0) is 15.6. The molecule has 5 heteroatoms. The van der Waals surface area contributed by atoms with Crippen molar-refractivity contribution in [2.75, 3.05) is 25.1 Å². The van der Waals surface area contributed by atoms with E-state index in [0.29, 0.717) is 6.54 Å². The number of nitrogens with zero attached hydrogens (tertiary/aromatic N) is 1. The van der Waals surface area contributed by atoms with Gasteiger partial charge in [-0.05, 0) is 24.1 Å². The summed E-state index contributed by atoms with van der Waals surface area (Å²) < 4.78 is 5.39. The van der Waals surface area contributed by atoms with Gasteiger partial charge in [-0.25, -0.2) is 0 Å². The van der Waals surface area contributed by atoms with Crippen molar-refractivity contribution in [3.8, 4) is 5.75 Å². The van der Waals surface area contributed by atoms with Gasteiger partial charge in [0.2, 0.25) is 5.91 Å². The molecule has 0 saturated heterocycles. The zero-order valence-corrected chi connectivity index (χ0v) is 13.0. The van der Waals surface area contributed by atoms with Gasteiger partial charge in [0.25, 0.3) is 5.91 Å². The van der Waals surface area contributed by atoms with E-state index in [1.165, 1.54) is 0 Å². The molecule has 0 radical (unpaired) electrons. The first-order chi connectivity index (χ1) is 9.79. The maximum Gasteiger partial charge on any atom is 0.264 e. The summed E-state index contributed by atoms with van der Waals surface area (Å²) in [7, 11) is 1.74. The molecule has 0 atom stereocenters. The van der Waals surface area contributed by atoms with Crippen molar-refractivity contribution in [2.45, 2.75) is 27.2 Å². The molecule has 5 nitrogen and oxygen atoms in total. The third kappa shape index (κ3) is 3.54. The fourth-order valence-electron chi connectivity index (χ4n) is 2.06. The van der Waals surface area contributed by atoms with Crippen molar-refractivity contribution in [3.05, 3.63) is 23.8 Å². The molecule has 1 aliphatic rings. The minimum Gasteiger partial charge on any atom is -0.482 e. The van der Waals surface area contributed by atoms with Gasteiger partial charge >= 0.3 is 0 Å². The molecule has 21 heavy (non-hydrogen) atoms. The first kappa shape index (κ1) is 15.4. The molecule has 0 aromatic heterocycles. The Kier molecular flexibility index (Phi) is 4.21. The van der Waals surface area contributed by atoms with Gasteiger partial charge in [0.15, 0.2) is 6.61 Å². The van der Waals surface area contributed by atoms with Gasteiger partial charge in [-0.2, -0.15) is 0 Å². The lowest BCUT2D eigenvalue weighted by atomic mass is 9.95. The van der Waals surface area contributed by atoms with E-state index < -0.39 is 0 Å². The van der Waals surface area contributed by atoms with E-state index in [-0.39, 0.29) is 23.8 Å². The molecular weight excluding hydrogens is 268 g/mol. The highest BCUT2D eigenvalue weighted by molar-refractivity contribution is 5.97. The molecule has 1 aromatic rings. The molecule has 0 fully saturated rings. The molecule has 1 aromatic carbocycles. The number of fused-ring (bicyclic) bond motifs is 1. The Labute approximate surface area is 125 Å². The van der Waals surface area contributed by atoms with Crippen LogP contribution in [-0.4, -0.2) is 32.0 Å². The topological polar surface area (TPSA) is 58.6 Å². The summed E-state index contributed by atoms with van der Waals surface area (Å²) >= 11 is 0. The minimum absolute atomic E-state index is 0.0380. The predicted octanol–water partition coefficient (Wildman–Crippen LogP) is 1.75. The monoisotopic (exact) mass is 290 g/mol. The summed E-state index contributed by atoms with van der Waals surface area (Å²) in [6, 6.07) is 5.78. The van der Waals surface area contributed by atoms with Gasteiger partial charge in [0.05, 0.1) is 5.69 Å². The van der Waals surface area contributed by atoms with Gasteiger partial charge in [0.1, 0.15) is 5.75 Å². The maximum absolute atomic E-state index is 11.8. The van der Waals surface area contributed by atoms with E-state index in [4.69, 9.17) is 4.74 Å². The summed E-state index contributed by atoms with van der Waals surface area (Å²) in [6.07, 6.45) is 0.719. The molecule has 0 aliphatic carbocycles. The first-order valence-corrected chi connectivity index (χ1v) is 7.09. The van der Waals surface area contributed by atoms with Crippen LogP contribution in [0.5, 0.6) is 5.75 Å². The quantitative estimate of drug-likeness (QED) is 0.922. The van der Waals surface area contributed by atoms with Crippen molar-refractivity contribution in [2.24, 2.45) is 5.41 Å². The first-order valence-electron chi connectivity index (χ1n) is 7.09. The van der Waals surface area contributed by atoms with Crippen LogP contribution in [0.4, 0.5) is 5.69 Å². The SMILES string of the molecule is CN1C(=O)COc2ccc(CCNC(=O)C(C)(C)C)cc21. The predicted molar refractivity (Wildman–Crippen MR) is 81.5 cm³/mol. The number of amides is 2. The molecule has 2 rings (SSSR count). The average molecular weight is 290 g/mol. The zero-order valence-electron chi connectivity index (χ0n) is 13.0.